The zero-order valence-corrected chi connectivity index (χ0v) is 11.1. The number of nitrogens with zero attached hydrogens (tertiary/aromatic N) is 2. The number of hydrogen-bond acceptors (Lipinski definition) is 5. The van der Waals surface area contributed by atoms with Crippen molar-refractivity contribution in [2.24, 2.45) is 0 Å². The monoisotopic (exact) mass is 291 g/mol. The van der Waals surface area contributed by atoms with Gasteiger partial charge >= 0.3 is 0 Å². The van der Waals surface area contributed by atoms with Gasteiger partial charge in [0.25, 0.3) is 0 Å². The Balaban J connectivity index is 2.44. The molecule has 2 aromatic rings. The third kappa shape index (κ3) is 2.75. The van der Waals surface area contributed by atoms with Gasteiger partial charge in [-0.2, -0.15) is 5.26 Å². The summed E-state index contributed by atoms with van der Waals surface area (Å²) >= 11 is 0. The van der Waals surface area contributed by atoms with Gasteiger partial charge in [0, 0.05) is 17.4 Å². The third-order valence-electron chi connectivity index (χ3n) is 2.63. The number of nitriles is 1. The number of hydrogen-bond donors (Lipinski definition) is 1. The first-order valence-corrected chi connectivity index (χ1v) is 7.21. The minimum atomic E-state index is -3.92. The van der Waals surface area contributed by atoms with Crippen molar-refractivity contribution in [3.8, 4) is 6.07 Å². The summed E-state index contributed by atoms with van der Waals surface area (Å²) in [7, 11) is -3.92. The molecule has 0 fully saturated rings. The van der Waals surface area contributed by atoms with Gasteiger partial charge in [-0.1, -0.05) is 6.07 Å². The van der Waals surface area contributed by atoms with E-state index in [4.69, 9.17) is 11.0 Å². The number of sulfone groups is 1. The molecule has 20 heavy (non-hydrogen) atoms. The van der Waals surface area contributed by atoms with Crippen LogP contribution in [0.25, 0.3) is 0 Å². The van der Waals surface area contributed by atoms with Crippen LogP contribution < -0.4 is 5.73 Å². The van der Waals surface area contributed by atoms with E-state index in [0.717, 1.165) is 12.1 Å². The maximum Gasteiger partial charge on any atom is 0.185 e. The number of rotatable bonds is 3. The maximum absolute atomic E-state index is 13.7. The van der Waals surface area contributed by atoms with Crippen LogP contribution >= 0.6 is 0 Å². The Morgan fingerprint density at radius 2 is 2.10 bits per heavy atom. The van der Waals surface area contributed by atoms with Crippen molar-refractivity contribution in [3.63, 3.8) is 0 Å². The van der Waals surface area contributed by atoms with Crippen LogP contribution in [0.5, 0.6) is 0 Å². The number of benzene rings is 1. The smallest absolute Gasteiger partial charge is 0.185 e. The first kappa shape index (κ1) is 14.0. The van der Waals surface area contributed by atoms with Gasteiger partial charge < -0.3 is 5.73 Å². The summed E-state index contributed by atoms with van der Waals surface area (Å²) in [6.45, 7) is 0. The van der Waals surface area contributed by atoms with Gasteiger partial charge in [0.1, 0.15) is 22.5 Å². The standard InChI is InChI=1S/C13H10FN3O2S/c14-11-6-10(16)3-4-13(11)20(18,19)8-9-2-1-5-17-12(9)7-15/h1-6H,8,16H2. The average Bonchev–Trinajstić information content (AvgIpc) is 2.38. The molecular weight excluding hydrogens is 281 g/mol. The lowest BCUT2D eigenvalue weighted by molar-refractivity contribution is 0.567. The van der Waals surface area contributed by atoms with Crippen LogP contribution in [0.1, 0.15) is 11.3 Å². The number of nitrogens with two attached hydrogens (primary N) is 1. The minimum absolute atomic E-state index is 0.00641. The Hall–Kier alpha value is -2.46. The maximum atomic E-state index is 13.7. The SMILES string of the molecule is N#Cc1ncccc1CS(=O)(=O)c1ccc(N)cc1F. The van der Waals surface area contributed by atoms with Gasteiger partial charge in [0.15, 0.2) is 9.84 Å². The van der Waals surface area contributed by atoms with Gasteiger partial charge in [-0.15, -0.1) is 0 Å². The van der Waals surface area contributed by atoms with Gasteiger partial charge in [0.2, 0.25) is 0 Å². The summed E-state index contributed by atoms with van der Waals surface area (Å²) in [6.07, 6.45) is 1.39. The van der Waals surface area contributed by atoms with Crippen molar-refractivity contribution in [1.82, 2.24) is 4.98 Å². The summed E-state index contributed by atoms with van der Waals surface area (Å²) in [4.78, 5) is 3.33. The molecule has 0 unspecified atom stereocenters. The van der Waals surface area contributed by atoms with Crippen molar-refractivity contribution in [2.45, 2.75) is 10.6 Å². The first-order chi connectivity index (χ1) is 9.44. The molecule has 0 aliphatic rings. The second-order valence-corrected chi connectivity index (χ2v) is 6.03. The summed E-state index contributed by atoms with van der Waals surface area (Å²) in [6, 6.07) is 8.16. The lowest BCUT2D eigenvalue weighted by Crippen LogP contribution is -2.09. The van der Waals surface area contributed by atoms with E-state index >= 15 is 0 Å². The predicted molar refractivity (Wildman–Crippen MR) is 70.7 cm³/mol. The van der Waals surface area contributed by atoms with Crippen LogP contribution in [-0.2, 0) is 15.6 Å². The lowest BCUT2D eigenvalue weighted by atomic mass is 10.2. The average molecular weight is 291 g/mol. The number of anilines is 1. The Morgan fingerprint density at radius 1 is 1.35 bits per heavy atom. The fourth-order valence-electron chi connectivity index (χ4n) is 1.71. The molecule has 0 spiro atoms. The highest BCUT2D eigenvalue weighted by atomic mass is 32.2. The fourth-order valence-corrected chi connectivity index (χ4v) is 3.14. The largest absolute Gasteiger partial charge is 0.399 e. The van der Waals surface area contributed by atoms with Crippen molar-refractivity contribution in [1.29, 1.82) is 5.26 Å². The summed E-state index contributed by atoms with van der Waals surface area (Å²) in [5, 5.41) is 8.88. The van der Waals surface area contributed by atoms with Crippen molar-refractivity contribution < 1.29 is 12.8 Å². The van der Waals surface area contributed by atoms with Gasteiger partial charge in [0.05, 0.1) is 5.75 Å². The number of aromatic nitrogens is 1. The molecule has 102 valence electrons. The minimum Gasteiger partial charge on any atom is -0.399 e. The molecule has 0 saturated heterocycles. The Morgan fingerprint density at radius 3 is 2.75 bits per heavy atom. The van der Waals surface area contributed by atoms with Crippen molar-refractivity contribution in [2.75, 3.05) is 5.73 Å². The molecule has 2 rings (SSSR count). The Labute approximate surface area is 115 Å². The molecule has 0 atom stereocenters. The zero-order chi connectivity index (χ0) is 14.8. The Bertz CT molecular complexity index is 798. The summed E-state index contributed by atoms with van der Waals surface area (Å²) in [5.74, 6) is -1.41. The molecule has 0 bridgehead atoms. The van der Waals surface area contributed by atoms with E-state index in [1.807, 2.05) is 0 Å². The van der Waals surface area contributed by atoms with Crippen molar-refractivity contribution >= 4 is 15.5 Å². The molecular formula is C13H10FN3O2S. The van der Waals surface area contributed by atoms with E-state index < -0.39 is 26.3 Å². The van der Waals surface area contributed by atoms with Crippen LogP contribution in [0.15, 0.2) is 41.4 Å². The molecule has 1 aromatic carbocycles. The quantitative estimate of drug-likeness (QED) is 0.867. The second-order valence-electron chi connectivity index (χ2n) is 4.07. The van der Waals surface area contributed by atoms with E-state index in [0.29, 0.717) is 0 Å². The third-order valence-corrected chi connectivity index (χ3v) is 4.33. The molecule has 0 aliphatic carbocycles. The van der Waals surface area contributed by atoms with Crippen LogP contribution in [0.3, 0.4) is 0 Å². The summed E-state index contributed by atoms with van der Waals surface area (Å²) < 4.78 is 38.1. The normalized spacial score (nSPS) is 11.0. The van der Waals surface area contributed by atoms with E-state index in [1.165, 1.54) is 24.4 Å². The summed E-state index contributed by atoms with van der Waals surface area (Å²) in [5.41, 5.74) is 5.75. The van der Waals surface area contributed by atoms with Gasteiger partial charge in [-0.05, 0) is 24.3 Å². The number of nitrogen functional groups attached to an aromatic ring is 1. The molecule has 0 aliphatic heterocycles. The van der Waals surface area contributed by atoms with Crippen LogP contribution in [0, 0.1) is 17.1 Å². The molecule has 7 heteroatoms. The highest BCUT2D eigenvalue weighted by Crippen LogP contribution is 2.22. The highest BCUT2D eigenvalue weighted by Gasteiger charge is 2.21. The van der Waals surface area contributed by atoms with Gasteiger partial charge in [-0.25, -0.2) is 17.8 Å². The molecule has 5 nitrogen and oxygen atoms in total. The highest BCUT2D eigenvalue weighted by molar-refractivity contribution is 7.90. The van der Waals surface area contributed by atoms with Crippen molar-refractivity contribution in [3.05, 3.63) is 53.6 Å². The van der Waals surface area contributed by atoms with E-state index in [1.54, 1.807) is 6.07 Å². The molecule has 0 radical (unpaired) electrons. The first-order valence-electron chi connectivity index (χ1n) is 5.56. The fraction of sp³-hybridized carbons (Fsp3) is 0.0769. The van der Waals surface area contributed by atoms with Crippen LogP contribution in [-0.4, -0.2) is 13.4 Å². The van der Waals surface area contributed by atoms with Gasteiger partial charge in [-0.3, -0.25) is 0 Å². The predicted octanol–water partition coefficient (Wildman–Crippen LogP) is 1.65. The van der Waals surface area contributed by atoms with E-state index in [9.17, 15) is 12.8 Å². The van der Waals surface area contributed by atoms with E-state index in [-0.39, 0.29) is 16.9 Å². The molecule has 2 N–H and O–H groups in total. The second kappa shape index (κ2) is 5.27. The topological polar surface area (TPSA) is 96.8 Å². The van der Waals surface area contributed by atoms with Crippen LogP contribution in [0.4, 0.5) is 10.1 Å². The lowest BCUT2D eigenvalue weighted by Gasteiger charge is -2.07. The van der Waals surface area contributed by atoms with Crippen LogP contribution in [0.2, 0.25) is 0 Å². The van der Waals surface area contributed by atoms with E-state index in [2.05, 4.69) is 4.98 Å². The zero-order valence-electron chi connectivity index (χ0n) is 10.2. The molecule has 0 saturated carbocycles. The molecule has 0 amide bonds. The Kier molecular flexibility index (Phi) is 3.68. The molecule has 1 aromatic heterocycles. The number of halogens is 1. The number of pyridine rings is 1. The molecule has 1 heterocycles.